The summed E-state index contributed by atoms with van der Waals surface area (Å²) in [5.41, 5.74) is -0.733. The fraction of sp³-hybridized carbons (Fsp3) is 1.00. The van der Waals surface area contributed by atoms with Gasteiger partial charge < -0.3 is 14.2 Å². The van der Waals surface area contributed by atoms with Crippen molar-refractivity contribution in [2.75, 3.05) is 7.11 Å². The Morgan fingerprint density at radius 1 is 0.484 bits per heavy atom. The van der Waals surface area contributed by atoms with Crippen LogP contribution in [0.3, 0.4) is 0 Å². The molecule has 0 saturated carbocycles. The van der Waals surface area contributed by atoms with Gasteiger partial charge in [-0.3, -0.25) is 0 Å². The van der Waals surface area contributed by atoms with Gasteiger partial charge in [-0.2, -0.15) is 0 Å². The Kier molecular flexibility index (Phi) is 12.9. The highest BCUT2D eigenvalue weighted by Gasteiger charge is 2.51. The van der Waals surface area contributed by atoms with Gasteiger partial charge in [0.2, 0.25) is 0 Å². The topological polar surface area (TPSA) is 27.7 Å². The molecule has 0 amide bonds. The maximum Gasteiger partial charge on any atom is 0.283 e. The van der Waals surface area contributed by atoms with E-state index in [0.717, 1.165) is 44.9 Å². The van der Waals surface area contributed by atoms with Crippen LogP contribution >= 0.6 is 0 Å². The van der Waals surface area contributed by atoms with E-state index in [-0.39, 0.29) is 22.0 Å². The van der Waals surface area contributed by atoms with Gasteiger partial charge in [0.15, 0.2) is 0 Å². The van der Waals surface area contributed by atoms with Crippen molar-refractivity contribution in [2.45, 2.75) is 164 Å². The summed E-state index contributed by atoms with van der Waals surface area (Å²) in [6.07, 6.45) is 12.0. The molecule has 0 heterocycles. The van der Waals surface area contributed by atoms with Crippen molar-refractivity contribution >= 4 is 0 Å². The summed E-state index contributed by atoms with van der Waals surface area (Å²) in [6.45, 7) is 24.9. The zero-order chi connectivity index (χ0) is 24.4. The smallest absolute Gasteiger partial charge is 0.283 e. The third-order valence-corrected chi connectivity index (χ3v) is 7.60. The highest BCUT2D eigenvalue weighted by atomic mass is 16.9. The van der Waals surface area contributed by atoms with Gasteiger partial charge in [-0.15, -0.1) is 0 Å². The van der Waals surface area contributed by atoms with Crippen molar-refractivity contribution in [3.05, 3.63) is 0 Å². The van der Waals surface area contributed by atoms with E-state index in [2.05, 4.69) is 76.2 Å². The van der Waals surface area contributed by atoms with Crippen LogP contribution < -0.4 is 0 Å². The van der Waals surface area contributed by atoms with E-state index in [1.54, 1.807) is 7.11 Å². The number of methoxy groups -OCH3 is 1. The molecule has 0 bridgehead atoms. The van der Waals surface area contributed by atoms with E-state index in [4.69, 9.17) is 14.2 Å². The molecule has 0 aliphatic rings. The maximum absolute atomic E-state index is 7.04. The second kappa shape index (κ2) is 12.9. The minimum absolute atomic E-state index is 0.0273. The molecule has 0 aliphatic carbocycles. The summed E-state index contributed by atoms with van der Waals surface area (Å²) in [6, 6.07) is 0. The first-order valence-electron chi connectivity index (χ1n) is 13.1. The predicted molar refractivity (Wildman–Crippen MR) is 135 cm³/mol. The van der Waals surface area contributed by atoms with Gasteiger partial charge in [-0.1, -0.05) is 107 Å². The molecule has 0 N–H and O–H groups in total. The van der Waals surface area contributed by atoms with Gasteiger partial charge in [0, 0.05) is 13.5 Å². The molecular weight excluding hydrogens is 384 g/mol. The molecule has 0 aromatic carbocycles. The summed E-state index contributed by atoms with van der Waals surface area (Å²) in [5, 5.41) is 0. The van der Waals surface area contributed by atoms with Crippen LogP contribution in [-0.4, -0.2) is 24.3 Å². The van der Waals surface area contributed by atoms with E-state index in [1.807, 2.05) is 0 Å². The van der Waals surface area contributed by atoms with E-state index in [9.17, 15) is 0 Å². The van der Waals surface area contributed by atoms with Crippen molar-refractivity contribution in [3.63, 3.8) is 0 Å². The molecule has 2 unspecified atom stereocenters. The fourth-order valence-corrected chi connectivity index (χ4v) is 3.97. The molecule has 0 aromatic rings. The number of rotatable bonds is 16. The first-order valence-corrected chi connectivity index (χ1v) is 13.1. The summed E-state index contributed by atoms with van der Waals surface area (Å²) in [5.74, 6) is -1.03. The quantitative estimate of drug-likeness (QED) is 0.176. The van der Waals surface area contributed by atoms with Crippen LogP contribution in [-0.2, 0) is 14.2 Å². The average molecular weight is 443 g/mol. The molecule has 188 valence electrons. The van der Waals surface area contributed by atoms with Crippen molar-refractivity contribution in [3.8, 4) is 0 Å². The van der Waals surface area contributed by atoms with E-state index in [0.29, 0.717) is 0 Å². The minimum Gasteiger partial charge on any atom is -0.331 e. The van der Waals surface area contributed by atoms with Gasteiger partial charge in [-0.05, 0) is 43.9 Å². The van der Waals surface area contributed by atoms with Crippen LogP contribution in [0.4, 0.5) is 0 Å². The standard InChI is InChI=1S/C28H58O3/c1-13-16-19-21-26(10,24(4,5)6)30-28(29-12,23-18-15-3)31-27(11,25(7,8)9)22-20-17-14-2/h13-23H2,1-12H3. The monoisotopic (exact) mass is 442 g/mol. The Labute approximate surface area is 196 Å². The molecule has 3 nitrogen and oxygen atoms in total. The van der Waals surface area contributed by atoms with Crippen LogP contribution in [0, 0.1) is 10.8 Å². The average Bonchev–Trinajstić information content (AvgIpc) is 2.65. The lowest BCUT2D eigenvalue weighted by molar-refractivity contribution is -0.448. The zero-order valence-electron chi connectivity index (χ0n) is 23.5. The zero-order valence-corrected chi connectivity index (χ0v) is 23.5. The molecule has 0 radical (unpaired) electrons. The largest absolute Gasteiger partial charge is 0.331 e. The lowest BCUT2D eigenvalue weighted by Gasteiger charge is -2.52. The van der Waals surface area contributed by atoms with Gasteiger partial charge >= 0.3 is 0 Å². The summed E-state index contributed by atoms with van der Waals surface area (Å²) in [4.78, 5) is 0. The Balaban J connectivity index is 6.12. The van der Waals surface area contributed by atoms with Crippen molar-refractivity contribution < 1.29 is 14.2 Å². The van der Waals surface area contributed by atoms with E-state index >= 15 is 0 Å². The van der Waals surface area contributed by atoms with Gasteiger partial charge in [-0.25, -0.2) is 0 Å². The summed E-state index contributed by atoms with van der Waals surface area (Å²) < 4.78 is 20.3. The first-order chi connectivity index (χ1) is 14.2. The fourth-order valence-electron chi connectivity index (χ4n) is 3.97. The second-order valence-electron chi connectivity index (χ2n) is 12.1. The van der Waals surface area contributed by atoms with Crippen LogP contribution in [0.1, 0.15) is 147 Å². The van der Waals surface area contributed by atoms with Gasteiger partial charge in [0.05, 0.1) is 11.2 Å². The highest BCUT2D eigenvalue weighted by molar-refractivity contribution is 4.93. The normalized spacial score (nSPS) is 19.0. The second-order valence-corrected chi connectivity index (χ2v) is 12.1. The van der Waals surface area contributed by atoms with Crippen LogP contribution in [0.5, 0.6) is 0 Å². The molecule has 3 heteroatoms. The number of hydrogen-bond donors (Lipinski definition) is 0. The first kappa shape index (κ1) is 30.9. The maximum atomic E-state index is 7.04. The SMILES string of the molecule is CCCCCC(C)(OC(CCCC)(OC)OC(C)(CCCCC)C(C)(C)C)C(C)(C)C. The lowest BCUT2D eigenvalue weighted by Crippen LogP contribution is -2.57. The molecule has 0 aliphatic heterocycles. The third kappa shape index (κ3) is 9.33. The van der Waals surface area contributed by atoms with Crippen molar-refractivity contribution in [1.29, 1.82) is 0 Å². The summed E-state index contributed by atoms with van der Waals surface area (Å²) in [7, 11) is 1.76. The summed E-state index contributed by atoms with van der Waals surface area (Å²) >= 11 is 0. The number of ether oxygens (including phenoxy) is 3. The number of unbranched alkanes of at least 4 members (excludes halogenated alkanes) is 5. The Hall–Kier alpha value is -0.120. The molecule has 0 spiro atoms. The predicted octanol–water partition coefficient (Wildman–Crippen LogP) is 9.28. The molecule has 0 fully saturated rings. The highest BCUT2D eigenvalue weighted by Crippen LogP contribution is 2.47. The van der Waals surface area contributed by atoms with E-state index in [1.165, 1.54) is 25.7 Å². The lowest BCUT2D eigenvalue weighted by atomic mass is 9.74. The molecule has 0 saturated heterocycles. The molecular formula is C28H58O3. The molecule has 0 rings (SSSR count). The Morgan fingerprint density at radius 2 is 0.839 bits per heavy atom. The molecule has 31 heavy (non-hydrogen) atoms. The van der Waals surface area contributed by atoms with Crippen LogP contribution in [0.15, 0.2) is 0 Å². The van der Waals surface area contributed by atoms with Crippen molar-refractivity contribution in [2.24, 2.45) is 10.8 Å². The Morgan fingerprint density at radius 3 is 1.10 bits per heavy atom. The Bertz CT molecular complexity index is 438. The van der Waals surface area contributed by atoms with Crippen LogP contribution in [0.25, 0.3) is 0 Å². The molecule has 0 aromatic heterocycles. The van der Waals surface area contributed by atoms with Gasteiger partial charge in [0.1, 0.15) is 0 Å². The van der Waals surface area contributed by atoms with Crippen molar-refractivity contribution in [1.82, 2.24) is 0 Å². The van der Waals surface area contributed by atoms with E-state index < -0.39 is 5.97 Å². The molecule has 2 atom stereocenters. The number of hydrogen-bond acceptors (Lipinski definition) is 3. The minimum atomic E-state index is -1.03. The van der Waals surface area contributed by atoms with Crippen LogP contribution in [0.2, 0.25) is 0 Å². The van der Waals surface area contributed by atoms with Gasteiger partial charge in [0.25, 0.3) is 5.97 Å². The third-order valence-electron chi connectivity index (χ3n) is 7.60.